The number of amides is 1. The van der Waals surface area contributed by atoms with E-state index < -0.39 is 6.04 Å². The molecule has 4 nitrogen and oxygen atoms in total. The maximum absolute atomic E-state index is 12.0. The van der Waals surface area contributed by atoms with Crippen molar-refractivity contribution in [1.29, 1.82) is 0 Å². The van der Waals surface area contributed by atoms with Gasteiger partial charge in [0.15, 0.2) is 0 Å². The molecule has 4 N–H and O–H groups in total. The molecule has 0 radical (unpaired) electrons. The van der Waals surface area contributed by atoms with Gasteiger partial charge in [0.25, 0.3) is 0 Å². The first-order valence-electron chi connectivity index (χ1n) is 6.55. The quantitative estimate of drug-likeness (QED) is 0.745. The highest BCUT2D eigenvalue weighted by molar-refractivity contribution is 5.82. The highest BCUT2D eigenvalue weighted by Crippen LogP contribution is 2.17. The van der Waals surface area contributed by atoms with Crippen LogP contribution in [0.1, 0.15) is 26.3 Å². The Hall–Kier alpha value is -1.39. The first-order valence-corrected chi connectivity index (χ1v) is 6.55. The molecule has 2 atom stereocenters. The summed E-state index contributed by atoms with van der Waals surface area (Å²) < 4.78 is 0. The molecular weight excluding hydrogens is 240 g/mol. The monoisotopic (exact) mass is 264 g/mol. The van der Waals surface area contributed by atoms with Gasteiger partial charge in [0.05, 0.1) is 18.7 Å². The van der Waals surface area contributed by atoms with Crippen molar-refractivity contribution in [3.8, 4) is 0 Å². The molecule has 1 rings (SSSR count). The van der Waals surface area contributed by atoms with Crippen LogP contribution < -0.4 is 11.1 Å². The van der Waals surface area contributed by atoms with E-state index in [0.717, 1.165) is 5.56 Å². The number of hydrogen-bond acceptors (Lipinski definition) is 3. The largest absolute Gasteiger partial charge is 0.394 e. The summed E-state index contributed by atoms with van der Waals surface area (Å²) in [5.41, 5.74) is 6.68. The number of aliphatic hydroxyl groups is 1. The van der Waals surface area contributed by atoms with Crippen LogP contribution in [-0.2, 0) is 11.2 Å². The molecule has 0 fully saturated rings. The lowest BCUT2D eigenvalue weighted by molar-refractivity contribution is -0.125. The minimum Gasteiger partial charge on any atom is -0.394 e. The molecule has 1 unspecified atom stereocenters. The van der Waals surface area contributed by atoms with Gasteiger partial charge in [0, 0.05) is 0 Å². The number of rotatable bonds is 5. The summed E-state index contributed by atoms with van der Waals surface area (Å²) >= 11 is 0. The Morgan fingerprint density at radius 3 is 2.37 bits per heavy atom. The van der Waals surface area contributed by atoms with Gasteiger partial charge in [-0.05, 0) is 17.4 Å². The number of carbonyl (C=O) groups is 1. The molecule has 1 amide bonds. The fourth-order valence-electron chi connectivity index (χ4n) is 1.74. The standard InChI is InChI=1S/C15H24N2O2/c1-15(2,3)13(16)14(19)17-12(10-18)9-11-7-5-4-6-8-11/h4-8,12-13,18H,9-10,16H2,1-3H3,(H,17,19)/t12-,13?/m1/s1. The highest BCUT2D eigenvalue weighted by Gasteiger charge is 2.28. The van der Waals surface area contributed by atoms with Crippen LogP contribution in [-0.4, -0.2) is 29.7 Å². The molecule has 1 aromatic carbocycles. The predicted molar refractivity (Wildman–Crippen MR) is 76.6 cm³/mol. The van der Waals surface area contributed by atoms with Gasteiger partial charge in [0.2, 0.25) is 5.91 Å². The predicted octanol–water partition coefficient (Wildman–Crippen LogP) is 1.08. The molecule has 0 saturated heterocycles. The molecule has 0 aliphatic rings. The van der Waals surface area contributed by atoms with Gasteiger partial charge in [-0.1, -0.05) is 51.1 Å². The fourth-order valence-corrected chi connectivity index (χ4v) is 1.74. The summed E-state index contributed by atoms with van der Waals surface area (Å²) in [5.74, 6) is -0.220. The molecule has 4 heteroatoms. The third kappa shape index (κ3) is 5.01. The normalized spacial score (nSPS) is 14.8. The van der Waals surface area contributed by atoms with Crippen LogP contribution in [0.25, 0.3) is 0 Å². The van der Waals surface area contributed by atoms with Crippen molar-refractivity contribution in [2.75, 3.05) is 6.61 Å². The maximum atomic E-state index is 12.0. The van der Waals surface area contributed by atoms with E-state index >= 15 is 0 Å². The van der Waals surface area contributed by atoms with Crippen molar-refractivity contribution in [2.24, 2.45) is 11.1 Å². The van der Waals surface area contributed by atoms with Crippen molar-refractivity contribution in [3.05, 3.63) is 35.9 Å². The first-order chi connectivity index (χ1) is 8.84. The van der Waals surface area contributed by atoms with Crippen LogP contribution in [0.5, 0.6) is 0 Å². The Morgan fingerprint density at radius 2 is 1.89 bits per heavy atom. The van der Waals surface area contributed by atoms with Crippen molar-refractivity contribution in [2.45, 2.75) is 39.3 Å². The van der Waals surface area contributed by atoms with Gasteiger partial charge in [-0.15, -0.1) is 0 Å². The molecule has 0 saturated carbocycles. The molecule has 0 bridgehead atoms. The topological polar surface area (TPSA) is 75.4 Å². The number of nitrogens with two attached hydrogens (primary N) is 1. The third-order valence-electron chi connectivity index (χ3n) is 3.11. The Bertz CT molecular complexity index is 398. The zero-order valence-corrected chi connectivity index (χ0v) is 11.9. The second-order valence-corrected chi connectivity index (χ2v) is 5.92. The zero-order valence-electron chi connectivity index (χ0n) is 11.9. The molecule has 0 aromatic heterocycles. The fraction of sp³-hybridized carbons (Fsp3) is 0.533. The summed E-state index contributed by atoms with van der Waals surface area (Å²) in [4.78, 5) is 12.0. The second-order valence-electron chi connectivity index (χ2n) is 5.92. The maximum Gasteiger partial charge on any atom is 0.237 e. The van der Waals surface area contributed by atoms with Crippen molar-refractivity contribution < 1.29 is 9.90 Å². The van der Waals surface area contributed by atoms with Gasteiger partial charge in [-0.25, -0.2) is 0 Å². The van der Waals surface area contributed by atoms with E-state index in [1.807, 2.05) is 51.1 Å². The second kappa shape index (κ2) is 6.68. The highest BCUT2D eigenvalue weighted by atomic mass is 16.3. The van der Waals surface area contributed by atoms with Gasteiger partial charge >= 0.3 is 0 Å². The van der Waals surface area contributed by atoms with Crippen LogP contribution in [0.4, 0.5) is 0 Å². The Labute approximate surface area is 115 Å². The zero-order chi connectivity index (χ0) is 14.5. The minimum absolute atomic E-state index is 0.0997. The van der Waals surface area contributed by atoms with Crippen molar-refractivity contribution in [1.82, 2.24) is 5.32 Å². The lowest BCUT2D eigenvalue weighted by atomic mass is 9.86. The number of hydrogen-bond donors (Lipinski definition) is 3. The van der Waals surface area contributed by atoms with E-state index in [2.05, 4.69) is 5.32 Å². The van der Waals surface area contributed by atoms with Crippen LogP contribution >= 0.6 is 0 Å². The molecule has 0 aliphatic heterocycles. The van der Waals surface area contributed by atoms with Crippen LogP contribution in [0.3, 0.4) is 0 Å². The van der Waals surface area contributed by atoms with E-state index in [1.165, 1.54) is 0 Å². The van der Waals surface area contributed by atoms with E-state index in [4.69, 9.17) is 5.73 Å². The lowest BCUT2D eigenvalue weighted by Gasteiger charge is -2.28. The summed E-state index contributed by atoms with van der Waals surface area (Å²) in [6, 6.07) is 8.86. The summed E-state index contributed by atoms with van der Waals surface area (Å²) in [6.45, 7) is 5.66. The molecule has 106 valence electrons. The smallest absolute Gasteiger partial charge is 0.237 e. The van der Waals surface area contributed by atoms with E-state index in [1.54, 1.807) is 0 Å². The summed E-state index contributed by atoms with van der Waals surface area (Å²) in [5, 5.41) is 12.2. The molecule has 0 heterocycles. The van der Waals surface area contributed by atoms with E-state index in [9.17, 15) is 9.90 Å². The van der Waals surface area contributed by atoms with Crippen LogP contribution in [0.15, 0.2) is 30.3 Å². The van der Waals surface area contributed by atoms with Crippen LogP contribution in [0, 0.1) is 5.41 Å². The van der Waals surface area contributed by atoms with Crippen LogP contribution in [0.2, 0.25) is 0 Å². The average molecular weight is 264 g/mol. The number of nitrogens with one attached hydrogen (secondary N) is 1. The van der Waals surface area contributed by atoms with Crippen molar-refractivity contribution >= 4 is 5.91 Å². The SMILES string of the molecule is CC(C)(C)C(N)C(=O)N[C@@H](CO)Cc1ccccc1. The Kier molecular flexibility index (Phi) is 5.51. The molecule has 0 spiro atoms. The van der Waals surface area contributed by atoms with Gasteiger partial charge in [-0.3, -0.25) is 4.79 Å². The number of benzene rings is 1. The minimum atomic E-state index is -0.586. The number of carbonyl (C=O) groups excluding carboxylic acids is 1. The average Bonchev–Trinajstić information content (AvgIpc) is 2.37. The molecule has 1 aromatic rings. The summed E-state index contributed by atoms with van der Waals surface area (Å²) in [6.07, 6.45) is 0.597. The van der Waals surface area contributed by atoms with Gasteiger partial charge < -0.3 is 16.2 Å². The third-order valence-corrected chi connectivity index (χ3v) is 3.11. The lowest BCUT2D eigenvalue weighted by Crippen LogP contribution is -2.52. The number of aliphatic hydroxyl groups excluding tert-OH is 1. The Balaban J connectivity index is 2.60. The molecule has 19 heavy (non-hydrogen) atoms. The van der Waals surface area contributed by atoms with Gasteiger partial charge in [-0.2, -0.15) is 0 Å². The first kappa shape index (κ1) is 15.7. The molecular formula is C15H24N2O2. The Morgan fingerprint density at radius 1 is 1.32 bits per heavy atom. The molecule has 0 aliphatic carbocycles. The van der Waals surface area contributed by atoms with E-state index in [0.29, 0.717) is 6.42 Å². The van der Waals surface area contributed by atoms with E-state index in [-0.39, 0.29) is 24.0 Å². The van der Waals surface area contributed by atoms with Gasteiger partial charge in [0.1, 0.15) is 0 Å². The summed E-state index contributed by atoms with van der Waals surface area (Å²) in [7, 11) is 0. The van der Waals surface area contributed by atoms with Crippen molar-refractivity contribution in [3.63, 3.8) is 0 Å².